The second kappa shape index (κ2) is 8.12. The van der Waals surface area contributed by atoms with Crippen molar-refractivity contribution in [1.29, 1.82) is 5.26 Å². The smallest absolute Gasteiger partial charge is 0.256 e. The normalized spacial score (nSPS) is 10.9. The lowest BCUT2D eigenvalue weighted by molar-refractivity contribution is 0.0765. The molecule has 0 fully saturated rings. The number of rotatable bonds is 6. The maximum absolute atomic E-state index is 12.8. The number of halogens is 1. The Balaban J connectivity index is 2.39. The molecule has 2 aromatic rings. The van der Waals surface area contributed by atoms with Gasteiger partial charge in [0.1, 0.15) is 6.54 Å². The first-order valence-corrected chi connectivity index (χ1v) is 9.18. The quantitative estimate of drug-likeness (QED) is 0.782. The molecule has 0 aliphatic rings. The first-order chi connectivity index (χ1) is 11.9. The van der Waals surface area contributed by atoms with Crippen LogP contribution in [-0.4, -0.2) is 32.8 Å². The number of amides is 1. The van der Waals surface area contributed by atoms with E-state index in [1.54, 1.807) is 0 Å². The molecule has 8 heteroatoms. The predicted molar refractivity (Wildman–Crippen MR) is 94.5 cm³/mol. The molecule has 0 unspecified atom stereocenters. The standard InChI is InChI=1S/C17H16ClN3O3S/c1-20-25(23,24)14-7-8-16(18)15(11-14)17(22)21(10-9-19)12-13-5-3-2-4-6-13/h2-8,11,20H,10,12H2,1H3. The van der Waals surface area contributed by atoms with Crippen molar-refractivity contribution in [3.05, 3.63) is 64.7 Å². The first kappa shape index (κ1) is 18.9. The van der Waals surface area contributed by atoms with Gasteiger partial charge in [-0.25, -0.2) is 13.1 Å². The maximum Gasteiger partial charge on any atom is 0.256 e. The molecule has 0 spiro atoms. The zero-order chi connectivity index (χ0) is 18.4. The van der Waals surface area contributed by atoms with Gasteiger partial charge in [0.2, 0.25) is 10.0 Å². The molecular formula is C17H16ClN3O3S. The van der Waals surface area contributed by atoms with Crippen molar-refractivity contribution in [2.24, 2.45) is 0 Å². The molecule has 1 amide bonds. The van der Waals surface area contributed by atoms with Gasteiger partial charge >= 0.3 is 0 Å². The van der Waals surface area contributed by atoms with Crippen molar-refractivity contribution in [1.82, 2.24) is 9.62 Å². The topological polar surface area (TPSA) is 90.3 Å². The largest absolute Gasteiger partial charge is 0.321 e. The summed E-state index contributed by atoms with van der Waals surface area (Å²) >= 11 is 6.09. The van der Waals surface area contributed by atoms with Crippen LogP contribution in [0.5, 0.6) is 0 Å². The van der Waals surface area contributed by atoms with Crippen molar-refractivity contribution < 1.29 is 13.2 Å². The highest BCUT2D eigenvalue weighted by Gasteiger charge is 2.22. The third-order valence-corrected chi connectivity index (χ3v) is 5.25. The average Bonchev–Trinajstić information content (AvgIpc) is 2.62. The molecule has 0 saturated heterocycles. The van der Waals surface area contributed by atoms with Gasteiger partial charge in [-0.1, -0.05) is 41.9 Å². The third kappa shape index (κ3) is 4.57. The summed E-state index contributed by atoms with van der Waals surface area (Å²) in [5.41, 5.74) is 0.880. The Kier molecular flexibility index (Phi) is 6.15. The fourth-order valence-electron chi connectivity index (χ4n) is 2.21. The summed E-state index contributed by atoms with van der Waals surface area (Å²) in [6.45, 7) is 0.0691. The summed E-state index contributed by atoms with van der Waals surface area (Å²) in [4.78, 5) is 14.0. The van der Waals surface area contributed by atoms with Gasteiger partial charge in [-0.15, -0.1) is 0 Å². The Bertz CT molecular complexity index is 908. The fraction of sp³-hybridized carbons (Fsp3) is 0.176. The third-order valence-electron chi connectivity index (χ3n) is 3.51. The van der Waals surface area contributed by atoms with Crippen molar-refractivity contribution in [3.8, 4) is 6.07 Å². The van der Waals surface area contributed by atoms with E-state index in [-0.39, 0.29) is 28.6 Å². The van der Waals surface area contributed by atoms with Gasteiger partial charge in [0, 0.05) is 6.54 Å². The van der Waals surface area contributed by atoms with Crippen molar-refractivity contribution in [2.45, 2.75) is 11.4 Å². The number of sulfonamides is 1. The number of nitrogens with zero attached hydrogens (tertiary/aromatic N) is 2. The zero-order valence-electron chi connectivity index (χ0n) is 13.4. The van der Waals surface area contributed by atoms with Crippen molar-refractivity contribution in [3.63, 3.8) is 0 Å². The van der Waals surface area contributed by atoms with Crippen molar-refractivity contribution >= 4 is 27.5 Å². The highest BCUT2D eigenvalue weighted by Crippen LogP contribution is 2.22. The Labute approximate surface area is 151 Å². The number of hydrogen-bond acceptors (Lipinski definition) is 4. The molecule has 6 nitrogen and oxygen atoms in total. The van der Waals surface area contributed by atoms with Crippen LogP contribution < -0.4 is 4.72 Å². The maximum atomic E-state index is 12.8. The summed E-state index contributed by atoms with van der Waals surface area (Å²) in [7, 11) is -2.43. The van der Waals surface area contributed by atoms with Crippen LogP contribution in [0.25, 0.3) is 0 Å². The van der Waals surface area contributed by atoms with Gasteiger partial charge in [0.25, 0.3) is 5.91 Å². The molecule has 0 bridgehead atoms. The number of carbonyl (C=O) groups is 1. The molecular weight excluding hydrogens is 362 g/mol. The second-order valence-corrected chi connectivity index (χ2v) is 7.45. The Morgan fingerprint density at radius 1 is 1.24 bits per heavy atom. The molecule has 0 saturated carbocycles. The zero-order valence-corrected chi connectivity index (χ0v) is 15.0. The van der Waals surface area contributed by atoms with E-state index in [0.29, 0.717) is 0 Å². The Morgan fingerprint density at radius 3 is 2.52 bits per heavy atom. The number of benzene rings is 2. The lowest BCUT2D eigenvalue weighted by atomic mass is 10.1. The first-order valence-electron chi connectivity index (χ1n) is 7.32. The SMILES string of the molecule is CNS(=O)(=O)c1ccc(Cl)c(C(=O)N(CC#N)Cc2ccccc2)c1. The van der Waals surface area contributed by atoms with Crippen LogP contribution in [-0.2, 0) is 16.6 Å². The number of carbonyl (C=O) groups excluding carboxylic acids is 1. The summed E-state index contributed by atoms with van der Waals surface area (Å²) in [5, 5.41) is 9.14. The number of hydrogen-bond donors (Lipinski definition) is 1. The van der Waals surface area contributed by atoms with Crippen molar-refractivity contribution in [2.75, 3.05) is 13.6 Å². The van der Waals surface area contributed by atoms with Gasteiger partial charge < -0.3 is 4.90 Å². The lowest BCUT2D eigenvalue weighted by Gasteiger charge is -2.20. The number of nitriles is 1. The minimum Gasteiger partial charge on any atom is -0.321 e. The van der Waals surface area contributed by atoms with E-state index in [9.17, 15) is 13.2 Å². The Morgan fingerprint density at radius 2 is 1.92 bits per heavy atom. The van der Waals surface area contributed by atoms with E-state index < -0.39 is 15.9 Å². The van der Waals surface area contributed by atoms with E-state index in [1.165, 1.54) is 30.1 Å². The second-order valence-electron chi connectivity index (χ2n) is 5.15. The summed E-state index contributed by atoms with van der Waals surface area (Å²) in [6.07, 6.45) is 0. The highest BCUT2D eigenvalue weighted by atomic mass is 35.5. The van der Waals surface area contributed by atoms with Crippen LogP contribution in [0.15, 0.2) is 53.4 Å². The molecule has 2 aromatic carbocycles. The molecule has 0 radical (unpaired) electrons. The molecule has 0 aromatic heterocycles. The molecule has 130 valence electrons. The molecule has 0 aliphatic heterocycles. The summed E-state index contributed by atoms with van der Waals surface area (Å²) in [6, 6.07) is 15.0. The van der Waals surface area contributed by atoms with Crippen LogP contribution in [0, 0.1) is 11.3 Å². The van der Waals surface area contributed by atoms with Crippen LogP contribution in [0.4, 0.5) is 0 Å². The minimum atomic E-state index is -3.71. The highest BCUT2D eigenvalue weighted by molar-refractivity contribution is 7.89. The van der Waals surface area contributed by atoms with Crippen LogP contribution >= 0.6 is 11.6 Å². The van der Waals surface area contributed by atoms with Crippen LogP contribution in [0.3, 0.4) is 0 Å². The van der Waals surface area contributed by atoms with E-state index in [1.807, 2.05) is 36.4 Å². The summed E-state index contributed by atoms with van der Waals surface area (Å²) < 4.78 is 26.1. The van der Waals surface area contributed by atoms with Gasteiger partial charge in [0.05, 0.1) is 21.6 Å². The van der Waals surface area contributed by atoms with Gasteiger partial charge in [-0.3, -0.25) is 4.79 Å². The van der Waals surface area contributed by atoms with E-state index >= 15 is 0 Å². The monoisotopic (exact) mass is 377 g/mol. The fourth-order valence-corrected chi connectivity index (χ4v) is 3.17. The van der Waals surface area contributed by atoms with Crippen LogP contribution in [0.2, 0.25) is 5.02 Å². The molecule has 0 aliphatic carbocycles. The van der Waals surface area contributed by atoms with E-state index in [0.717, 1.165) is 5.56 Å². The predicted octanol–water partition coefficient (Wildman–Crippen LogP) is 2.41. The van der Waals surface area contributed by atoms with Crippen LogP contribution in [0.1, 0.15) is 15.9 Å². The molecule has 1 N–H and O–H groups in total. The average molecular weight is 378 g/mol. The Hall–Kier alpha value is -2.40. The molecule has 0 atom stereocenters. The van der Waals surface area contributed by atoms with E-state index in [4.69, 9.17) is 16.9 Å². The number of nitrogens with one attached hydrogen (secondary N) is 1. The van der Waals surface area contributed by atoms with E-state index in [2.05, 4.69) is 4.72 Å². The van der Waals surface area contributed by atoms with Gasteiger partial charge in [-0.05, 0) is 30.8 Å². The molecule has 2 rings (SSSR count). The van der Waals surface area contributed by atoms with Gasteiger partial charge in [0.15, 0.2) is 0 Å². The van der Waals surface area contributed by atoms with Gasteiger partial charge in [-0.2, -0.15) is 5.26 Å². The lowest BCUT2D eigenvalue weighted by Crippen LogP contribution is -2.31. The minimum absolute atomic E-state index is 0.0316. The molecule has 25 heavy (non-hydrogen) atoms. The summed E-state index contributed by atoms with van der Waals surface area (Å²) in [5.74, 6) is -0.511. The molecule has 0 heterocycles.